The molecule has 2 nitrogen and oxygen atoms in total. The van der Waals surface area contributed by atoms with Gasteiger partial charge in [0.15, 0.2) is 17.4 Å². The summed E-state index contributed by atoms with van der Waals surface area (Å²) in [6.45, 7) is 1.96. The third-order valence-electron chi connectivity index (χ3n) is 3.49. The molecule has 0 atom stereocenters. The maximum atomic E-state index is 13.4. The molecule has 0 aliphatic carbocycles. The van der Waals surface area contributed by atoms with Gasteiger partial charge in [0, 0.05) is 6.42 Å². The lowest BCUT2D eigenvalue weighted by molar-refractivity contribution is 0.0966. The minimum absolute atomic E-state index is 0.121. The van der Waals surface area contributed by atoms with E-state index in [1.807, 2.05) is 0 Å². The van der Waals surface area contributed by atoms with Crippen LogP contribution in [0.2, 0.25) is 0 Å². The van der Waals surface area contributed by atoms with Crippen molar-refractivity contribution in [2.75, 3.05) is 13.1 Å². The van der Waals surface area contributed by atoms with Crippen molar-refractivity contribution in [1.29, 1.82) is 0 Å². The summed E-state index contributed by atoms with van der Waals surface area (Å²) in [5.41, 5.74) is -0.121. The minimum Gasteiger partial charge on any atom is -0.317 e. The number of carbonyl (C=O) groups is 1. The molecule has 2 rings (SSSR count). The van der Waals surface area contributed by atoms with Crippen molar-refractivity contribution in [3.8, 4) is 0 Å². The summed E-state index contributed by atoms with van der Waals surface area (Å²) in [7, 11) is 0. The van der Waals surface area contributed by atoms with Gasteiger partial charge in [-0.15, -0.1) is 0 Å². The predicted molar refractivity (Wildman–Crippen MR) is 65.5 cm³/mol. The molecule has 1 aromatic rings. The molecule has 1 heterocycles. The van der Waals surface area contributed by atoms with Crippen molar-refractivity contribution >= 4 is 5.78 Å². The van der Waals surface area contributed by atoms with E-state index in [1.54, 1.807) is 0 Å². The molecule has 98 valence electrons. The first-order chi connectivity index (χ1) is 8.68. The number of ketones is 1. The number of hydrogen-bond donors (Lipinski definition) is 1. The van der Waals surface area contributed by atoms with Gasteiger partial charge in [0.1, 0.15) is 0 Å². The third kappa shape index (κ3) is 3.13. The summed E-state index contributed by atoms with van der Waals surface area (Å²) < 4.78 is 26.4. The van der Waals surface area contributed by atoms with Gasteiger partial charge in [-0.05, 0) is 50.4 Å². The zero-order valence-corrected chi connectivity index (χ0v) is 10.2. The Hall–Kier alpha value is -1.29. The van der Waals surface area contributed by atoms with Crippen LogP contribution in [0, 0.1) is 17.6 Å². The van der Waals surface area contributed by atoms with E-state index in [4.69, 9.17) is 0 Å². The molecule has 0 aromatic heterocycles. The van der Waals surface area contributed by atoms with Crippen molar-refractivity contribution in [3.63, 3.8) is 0 Å². The van der Waals surface area contributed by atoms with E-state index in [2.05, 4.69) is 5.32 Å². The van der Waals surface area contributed by atoms with Gasteiger partial charge in [0.2, 0.25) is 0 Å². The number of carbonyl (C=O) groups excluding carboxylic acids is 1. The average molecular weight is 253 g/mol. The van der Waals surface area contributed by atoms with Crippen molar-refractivity contribution in [2.45, 2.75) is 25.7 Å². The Morgan fingerprint density at radius 2 is 2.00 bits per heavy atom. The largest absolute Gasteiger partial charge is 0.317 e. The van der Waals surface area contributed by atoms with E-state index < -0.39 is 11.6 Å². The maximum absolute atomic E-state index is 13.4. The highest BCUT2D eigenvalue weighted by Crippen LogP contribution is 2.20. The molecule has 1 N–H and O–H groups in total. The van der Waals surface area contributed by atoms with Gasteiger partial charge in [0.25, 0.3) is 0 Å². The number of piperidine rings is 1. The van der Waals surface area contributed by atoms with Gasteiger partial charge in [-0.25, -0.2) is 8.78 Å². The number of nitrogens with one attached hydrogen (secondary N) is 1. The normalized spacial score (nSPS) is 16.8. The van der Waals surface area contributed by atoms with E-state index in [9.17, 15) is 13.6 Å². The highest BCUT2D eigenvalue weighted by Gasteiger charge is 2.18. The first kappa shape index (κ1) is 13.1. The zero-order chi connectivity index (χ0) is 13.0. The Morgan fingerprint density at radius 3 is 2.72 bits per heavy atom. The summed E-state index contributed by atoms with van der Waals surface area (Å²) in [5, 5.41) is 3.26. The standard InChI is InChI=1S/C14H17F2NO/c15-12-3-1-2-11(14(12)16)13(18)5-4-10-6-8-17-9-7-10/h1-3,10,17H,4-9H2. The molecule has 1 aromatic carbocycles. The van der Waals surface area contributed by atoms with E-state index in [-0.39, 0.29) is 11.3 Å². The van der Waals surface area contributed by atoms with Crippen molar-refractivity contribution in [3.05, 3.63) is 35.4 Å². The Balaban J connectivity index is 1.93. The van der Waals surface area contributed by atoms with Gasteiger partial charge in [0.05, 0.1) is 5.56 Å². The van der Waals surface area contributed by atoms with Crippen LogP contribution in [0.25, 0.3) is 0 Å². The van der Waals surface area contributed by atoms with Crippen LogP contribution in [0.1, 0.15) is 36.0 Å². The first-order valence-electron chi connectivity index (χ1n) is 6.36. The summed E-state index contributed by atoms with van der Waals surface area (Å²) >= 11 is 0. The highest BCUT2D eigenvalue weighted by atomic mass is 19.2. The van der Waals surface area contributed by atoms with E-state index in [0.717, 1.165) is 38.4 Å². The van der Waals surface area contributed by atoms with Crippen molar-refractivity contribution in [2.24, 2.45) is 5.92 Å². The van der Waals surface area contributed by atoms with E-state index in [0.29, 0.717) is 12.3 Å². The van der Waals surface area contributed by atoms with Crippen LogP contribution in [0.3, 0.4) is 0 Å². The monoisotopic (exact) mass is 253 g/mol. The molecule has 0 spiro atoms. The van der Waals surface area contributed by atoms with Crippen LogP contribution in [-0.4, -0.2) is 18.9 Å². The lowest BCUT2D eigenvalue weighted by Crippen LogP contribution is -2.28. The molecule has 0 saturated carbocycles. The quantitative estimate of drug-likeness (QED) is 0.836. The molecular weight excluding hydrogens is 236 g/mol. The summed E-state index contributed by atoms with van der Waals surface area (Å²) in [6, 6.07) is 3.75. The molecule has 0 bridgehead atoms. The first-order valence-corrected chi connectivity index (χ1v) is 6.36. The maximum Gasteiger partial charge on any atom is 0.169 e. The van der Waals surface area contributed by atoms with Gasteiger partial charge in [-0.2, -0.15) is 0 Å². The van der Waals surface area contributed by atoms with Gasteiger partial charge >= 0.3 is 0 Å². The Labute approximate surface area is 105 Å². The van der Waals surface area contributed by atoms with Gasteiger partial charge in [-0.3, -0.25) is 4.79 Å². The molecule has 1 aliphatic heterocycles. The van der Waals surface area contributed by atoms with E-state index >= 15 is 0 Å². The minimum atomic E-state index is -1.02. The van der Waals surface area contributed by atoms with Crippen LogP contribution < -0.4 is 5.32 Å². The lowest BCUT2D eigenvalue weighted by atomic mass is 9.91. The lowest BCUT2D eigenvalue weighted by Gasteiger charge is -2.22. The number of Topliss-reactive ketones (excluding diaryl/α,β-unsaturated/α-hetero) is 1. The fraction of sp³-hybridized carbons (Fsp3) is 0.500. The second kappa shape index (κ2) is 6.05. The van der Waals surface area contributed by atoms with Gasteiger partial charge in [-0.1, -0.05) is 6.07 Å². The van der Waals surface area contributed by atoms with Crippen molar-refractivity contribution < 1.29 is 13.6 Å². The molecule has 18 heavy (non-hydrogen) atoms. The van der Waals surface area contributed by atoms with E-state index in [1.165, 1.54) is 12.1 Å². The average Bonchev–Trinajstić information content (AvgIpc) is 2.40. The Morgan fingerprint density at radius 1 is 1.28 bits per heavy atom. The van der Waals surface area contributed by atoms with Crippen LogP contribution >= 0.6 is 0 Å². The number of hydrogen-bond acceptors (Lipinski definition) is 2. The Bertz CT molecular complexity index is 428. The van der Waals surface area contributed by atoms with Crippen molar-refractivity contribution in [1.82, 2.24) is 5.32 Å². The molecule has 0 unspecified atom stereocenters. The summed E-state index contributed by atoms with van der Waals surface area (Å²) in [6.07, 6.45) is 3.17. The molecule has 0 radical (unpaired) electrons. The zero-order valence-electron chi connectivity index (χ0n) is 10.2. The fourth-order valence-electron chi connectivity index (χ4n) is 2.36. The van der Waals surface area contributed by atoms with Gasteiger partial charge < -0.3 is 5.32 Å². The number of halogens is 2. The van der Waals surface area contributed by atoms with Crippen LogP contribution in [0.15, 0.2) is 18.2 Å². The molecular formula is C14H17F2NO. The molecule has 1 saturated heterocycles. The third-order valence-corrected chi connectivity index (χ3v) is 3.49. The Kier molecular flexibility index (Phi) is 4.42. The van der Waals surface area contributed by atoms with Crippen LogP contribution in [0.5, 0.6) is 0 Å². The summed E-state index contributed by atoms with van der Waals surface area (Å²) in [5.74, 6) is -1.76. The number of rotatable bonds is 4. The van der Waals surface area contributed by atoms with Crippen LogP contribution in [-0.2, 0) is 0 Å². The second-order valence-corrected chi connectivity index (χ2v) is 4.76. The molecule has 4 heteroatoms. The molecule has 1 aliphatic rings. The fourth-order valence-corrected chi connectivity index (χ4v) is 2.36. The molecule has 1 fully saturated rings. The second-order valence-electron chi connectivity index (χ2n) is 4.76. The van der Waals surface area contributed by atoms with Crippen LogP contribution in [0.4, 0.5) is 8.78 Å². The SMILES string of the molecule is O=C(CCC1CCNCC1)c1cccc(F)c1F. The highest BCUT2D eigenvalue weighted by molar-refractivity contribution is 5.96. The predicted octanol–water partition coefficient (Wildman–Crippen LogP) is 2.93. The smallest absolute Gasteiger partial charge is 0.169 e. The molecule has 0 amide bonds. The topological polar surface area (TPSA) is 29.1 Å². The summed E-state index contributed by atoms with van der Waals surface area (Å²) in [4.78, 5) is 11.8. The number of benzene rings is 1.